The molecule has 0 atom stereocenters. The third kappa shape index (κ3) is 2.78. The van der Waals surface area contributed by atoms with Crippen molar-refractivity contribution in [3.8, 4) is 17.2 Å². The Kier molecular flexibility index (Phi) is 3.78. The summed E-state index contributed by atoms with van der Waals surface area (Å²) >= 11 is 0. The van der Waals surface area contributed by atoms with E-state index in [1.54, 1.807) is 0 Å². The Balaban J connectivity index is 1.69. The highest BCUT2D eigenvalue weighted by Gasteiger charge is 2.19. The predicted molar refractivity (Wildman–Crippen MR) is 72.5 cm³/mol. The molecule has 0 aromatic heterocycles. The molecule has 104 valence electrons. The molecule has 4 nitrogen and oxygen atoms in total. The molecule has 0 unspecified atom stereocenters. The molecule has 2 N–H and O–H groups in total. The predicted octanol–water partition coefficient (Wildman–Crippen LogP) is 2.83. The summed E-state index contributed by atoms with van der Waals surface area (Å²) in [6.07, 6.45) is 6.59. The maximum atomic E-state index is 5.98. The molecular formula is C15H21NO3. The van der Waals surface area contributed by atoms with Crippen molar-refractivity contribution in [3.63, 3.8) is 0 Å². The van der Waals surface area contributed by atoms with Gasteiger partial charge in [-0.2, -0.15) is 0 Å². The Morgan fingerprint density at radius 1 is 1.11 bits per heavy atom. The van der Waals surface area contributed by atoms with Crippen LogP contribution in [0.4, 0.5) is 0 Å². The maximum absolute atomic E-state index is 5.98. The van der Waals surface area contributed by atoms with Crippen LogP contribution in [0.15, 0.2) is 12.1 Å². The third-order valence-corrected chi connectivity index (χ3v) is 3.97. The van der Waals surface area contributed by atoms with Crippen molar-refractivity contribution in [1.29, 1.82) is 0 Å². The largest absolute Gasteiger partial charge is 0.493 e. The number of rotatable bonds is 4. The topological polar surface area (TPSA) is 53.7 Å². The van der Waals surface area contributed by atoms with E-state index in [2.05, 4.69) is 0 Å². The van der Waals surface area contributed by atoms with E-state index in [-0.39, 0.29) is 6.79 Å². The zero-order valence-electron chi connectivity index (χ0n) is 11.2. The van der Waals surface area contributed by atoms with Crippen LogP contribution in [0.5, 0.6) is 17.2 Å². The van der Waals surface area contributed by atoms with E-state index < -0.39 is 0 Å². The molecule has 1 heterocycles. The number of benzene rings is 1. The molecule has 1 aliphatic heterocycles. The van der Waals surface area contributed by atoms with Crippen molar-refractivity contribution < 1.29 is 14.2 Å². The first-order valence-corrected chi connectivity index (χ1v) is 7.12. The van der Waals surface area contributed by atoms with E-state index in [0.29, 0.717) is 12.5 Å². The number of nitrogens with two attached hydrogens (primary N) is 1. The summed E-state index contributed by atoms with van der Waals surface area (Å²) in [5.74, 6) is 3.06. The molecule has 3 rings (SSSR count). The molecule has 1 aromatic rings. The lowest BCUT2D eigenvalue weighted by molar-refractivity contribution is 0.173. The highest BCUT2D eigenvalue weighted by Crippen LogP contribution is 2.38. The minimum Gasteiger partial charge on any atom is -0.493 e. The van der Waals surface area contributed by atoms with Crippen LogP contribution in [0, 0.1) is 5.92 Å². The smallest absolute Gasteiger partial charge is 0.231 e. The molecule has 0 amide bonds. The second kappa shape index (κ2) is 5.70. The van der Waals surface area contributed by atoms with Gasteiger partial charge in [0.2, 0.25) is 6.79 Å². The molecule has 19 heavy (non-hydrogen) atoms. The van der Waals surface area contributed by atoms with Crippen molar-refractivity contribution in [2.75, 3.05) is 13.4 Å². The summed E-state index contributed by atoms with van der Waals surface area (Å²) < 4.78 is 16.7. The summed E-state index contributed by atoms with van der Waals surface area (Å²) in [4.78, 5) is 0. The second-order valence-electron chi connectivity index (χ2n) is 5.33. The molecule has 1 fully saturated rings. The van der Waals surface area contributed by atoms with Crippen LogP contribution in [0.3, 0.4) is 0 Å². The Hall–Kier alpha value is -1.42. The minimum atomic E-state index is 0.283. The summed E-state index contributed by atoms with van der Waals surface area (Å²) in [7, 11) is 0. The summed E-state index contributed by atoms with van der Waals surface area (Å²) in [6.45, 7) is 1.52. The van der Waals surface area contributed by atoms with Crippen LogP contribution in [0.25, 0.3) is 0 Å². The van der Waals surface area contributed by atoms with Gasteiger partial charge in [0, 0.05) is 18.2 Å². The Morgan fingerprint density at radius 3 is 2.58 bits per heavy atom. The van der Waals surface area contributed by atoms with E-state index in [1.807, 2.05) is 12.1 Å². The zero-order chi connectivity index (χ0) is 13.1. The van der Waals surface area contributed by atoms with Gasteiger partial charge in [-0.25, -0.2) is 0 Å². The van der Waals surface area contributed by atoms with Gasteiger partial charge in [0.25, 0.3) is 0 Å². The van der Waals surface area contributed by atoms with E-state index in [1.165, 1.54) is 32.1 Å². The van der Waals surface area contributed by atoms with Crippen molar-refractivity contribution in [3.05, 3.63) is 17.7 Å². The van der Waals surface area contributed by atoms with E-state index in [9.17, 15) is 0 Å². The van der Waals surface area contributed by atoms with Gasteiger partial charge in [-0.15, -0.1) is 0 Å². The van der Waals surface area contributed by atoms with Crippen LogP contribution < -0.4 is 19.9 Å². The first-order chi connectivity index (χ1) is 9.36. The standard InChI is InChI=1S/C15H21NO3/c16-8-12-6-14-15(19-10-18-14)7-13(12)17-9-11-4-2-1-3-5-11/h6-7,11H,1-5,8-10,16H2. The highest BCUT2D eigenvalue weighted by molar-refractivity contribution is 5.51. The molecule has 0 radical (unpaired) electrons. The fourth-order valence-electron chi connectivity index (χ4n) is 2.82. The first-order valence-electron chi connectivity index (χ1n) is 7.12. The van der Waals surface area contributed by atoms with Crippen LogP contribution in [-0.2, 0) is 6.54 Å². The number of ether oxygens (including phenoxy) is 3. The normalized spacial score (nSPS) is 18.6. The fourth-order valence-corrected chi connectivity index (χ4v) is 2.82. The maximum Gasteiger partial charge on any atom is 0.231 e. The van der Waals surface area contributed by atoms with E-state index in [0.717, 1.165) is 29.4 Å². The van der Waals surface area contributed by atoms with Gasteiger partial charge in [-0.3, -0.25) is 0 Å². The molecule has 1 saturated carbocycles. The SMILES string of the molecule is NCc1cc2c(cc1OCC1CCCCC1)OCO2. The molecule has 1 aliphatic carbocycles. The van der Waals surface area contributed by atoms with Crippen LogP contribution in [0.1, 0.15) is 37.7 Å². The summed E-state index contributed by atoms with van der Waals surface area (Å²) in [5.41, 5.74) is 6.76. The fraction of sp³-hybridized carbons (Fsp3) is 0.600. The van der Waals surface area contributed by atoms with Crippen LogP contribution >= 0.6 is 0 Å². The van der Waals surface area contributed by atoms with Gasteiger partial charge in [0.05, 0.1) is 6.61 Å². The Labute approximate surface area is 113 Å². The number of fused-ring (bicyclic) bond motifs is 1. The molecule has 0 bridgehead atoms. The summed E-state index contributed by atoms with van der Waals surface area (Å²) in [5, 5.41) is 0. The van der Waals surface area contributed by atoms with E-state index >= 15 is 0 Å². The van der Waals surface area contributed by atoms with Gasteiger partial charge in [-0.1, -0.05) is 19.3 Å². The van der Waals surface area contributed by atoms with Crippen molar-refractivity contribution in [2.45, 2.75) is 38.6 Å². The molecular weight excluding hydrogens is 242 g/mol. The molecule has 4 heteroatoms. The van der Waals surface area contributed by atoms with Crippen molar-refractivity contribution >= 4 is 0 Å². The lowest BCUT2D eigenvalue weighted by Gasteiger charge is -2.22. The molecule has 2 aliphatic rings. The average Bonchev–Trinajstić information content (AvgIpc) is 2.92. The number of hydrogen-bond donors (Lipinski definition) is 1. The van der Waals surface area contributed by atoms with Gasteiger partial charge in [0.15, 0.2) is 11.5 Å². The van der Waals surface area contributed by atoms with Crippen molar-refractivity contribution in [2.24, 2.45) is 11.7 Å². The van der Waals surface area contributed by atoms with Gasteiger partial charge >= 0.3 is 0 Å². The highest BCUT2D eigenvalue weighted by atomic mass is 16.7. The molecule has 0 saturated heterocycles. The molecule has 1 aromatic carbocycles. The summed E-state index contributed by atoms with van der Waals surface area (Å²) in [6, 6.07) is 3.84. The van der Waals surface area contributed by atoms with E-state index in [4.69, 9.17) is 19.9 Å². The van der Waals surface area contributed by atoms with Gasteiger partial charge < -0.3 is 19.9 Å². The van der Waals surface area contributed by atoms with Gasteiger partial charge in [-0.05, 0) is 24.8 Å². The quantitative estimate of drug-likeness (QED) is 0.907. The average molecular weight is 263 g/mol. The third-order valence-electron chi connectivity index (χ3n) is 3.97. The van der Waals surface area contributed by atoms with Gasteiger partial charge in [0.1, 0.15) is 5.75 Å². The molecule has 0 spiro atoms. The lowest BCUT2D eigenvalue weighted by atomic mass is 9.90. The van der Waals surface area contributed by atoms with Crippen molar-refractivity contribution in [1.82, 2.24) is 0 Å². The van der Waals surface area contributed by atoms with Crippen LogP contribution in [-0.4, -0.2) is 13.4 Å². The lowest BCUT2D eigenvalue weighted by Crippen LogP contribution is -2.16. The Bertz CT molecular complexity index is 441. The minimum absolute atomic E-state index is 0.283. The second-order valence-corrected chi connectivity index (χ2v) is 5.33. The number of hydrogen-bond acceptors (Lipinski definition) is 4. The first kappa shape index (κ1) is 12.6. The zero-order valence-corrected chi connectivity index (χ0v) is 11.2. The Morgan fingerprint density at radius 2 is 1.84 bits per heavy atom. The monoisotopic (exact) mass is 263 g/mol. The van der Waals surface area contributed by atoms with Crippen LogP contribution in [0.2, 0.25) is 0 Å².